The minimum absolute atomic E-state index is 0.156. The van der Waals surface area contributed by atoms with Crippen molar-refractivity contribution < 1.29 is 28.5 Å². The Morgan fingerprint density at radius 2 is 1.93 bits per heavy atom. The minimum atomic E-state index is -0.614. The van der Waals surface area contributed by atoms with Crippen LogP contribution in [0.15, 0.2) is 59.0 Å². The molecule has 0 aliphatic rings. The van der Waals surface area contributed by atoms with Crippen LogP contribution in [0.25, 0.3) is 11.0 Å². The van der Waals surface area contributed by atoms with Crippen LogP contribution in [0.4, 0.5) is 0 Å². The molecule has 0 amide bonds. The third kappa shape index (κ3) is 5.48. The number of hydrogen-bond donors (Lipinski definition) is 2. The topological polar surface area (TPSA) is 90.2 Å². The maximum absolute atomic E-state index is 11.5. The van der Waals surface area contributed by atoms with E-state index in [0.717, 1.165) is 11.1 Å². The predicted molar refractivity (Wildman–Crippen MR) is 104 cm³/mol. The summed E-state index contributed by atoms with van der Waals surface area (Å²) in [6.45, 7) is 1.60. The molecule has 0 bridgehead atoms. The van der Waals surface area contributed by atoms with Gasteiger partial charge in [-0.2, -0.15) is 0 Å². The summed E-state index contributed by atoms with van der Waals surface area (Å²) < 4.78 is 21.3. The van der Waals surface area contributed by atoms with Crippen molar-refractivity contribution in [3.05, 3.63) is 60.4 Å². The third-order valence-electron chi connectivity index (χ3n) is 3.99. The number of esters is 1. The van der Waals surface area contributed by atoms with E-state index in [2.05, 4.69) is 10.1 Å². The molecule has 3 rings (SSSR count). The lowest BCUT2D eigenvalue weighted by molar-refractivity contribution is 0.0567. The van der Waals surface area contributed by atoms with Gasteiger partial charge in [0.15, 0.2) is 0 Å². The smallest absolute Gasteiger partial charge is 0.373 e. The number of hydrogen-bond acceptors (Lipinski definition) is 7. The van der Waals surface area contributed by atoms with Crippen molar-refractivity contribution in [3.8, 4) is 11.5 Å². The largest absolute Gasteiger partial charge is 0.492 e. The van der Waals surface area contributed by atoms with Gasteiger partial charge in [-0.25, -0.2) is 4.79 Å². The van der Waals surface area contributed by atoms with Gasteiger partial charge in [0, 0.05) is 24.5 Å². The fourth-order valence-electron chi connectivity index (χ4n) is 2.58. The molecule has 0 radical (unpaired) electrons. The van der Waals surface area contributed by atoms with Crippen LogP contribution in [-0.2, 0) is 4.74 Å². The Hall–Kier alpha value is -3.03. The van der Waals surface area contributed by atoms with Gasteiger partial charge in [0.25, 0.3) is 0 Å². The quantitative estimate of drug-likeness (QED) is 0.410. The van der Waals surface area contributed by atoms with Crippen molar-refractivity contribution in [1.82, 2.24) is 5.32 Å². The first-order valence-corrected chi connectivity index (χ1v) is 8.97. The summed E-state index contributed by atoms with van der Waals surface area (Å²) in [5, 5.41) is 13.8. The second kappa shape index (κ2) is 9.77. The van der Waals surface area contributed by atoms with Crippen LogP contribution in [0.3, 0.4) is 0 Å². The molecule has 3 aromatic rings. The summed E-state index contributed by atoms with van der Waals surface area (Å²) in [5.41, 5.74) is 0.555. The summed E-state index contributed by atoms with van der Waals surface area (Å²) in [5.74, 6) is 1.00. The van der Waals surface area contributed by atoms with Crippen molar-refractivity contribution >= 4 is 16.9 Å². The number of ether oxygens (including phenoxy) is 3. The van der Waals surface area contributed by atoms with E-state index in [1.54, 1.807) is 12.1 Å². The first-order chi connectivity index (χ1) is 13.7. The lowest BCUT2D eigenvalue weighted by atomic mass is 10.2. The fourth-order valence-corrected chi connectivity index (χ4v) is 2.58. The predicted octanol–water partition coefficient (Wildman–Crippen LogP) is 2.63. The second-order valence-corrected chi connectivity index (χ2v) is 6.13. The molecule has 7 heteroatoms. The van der Waals surface area contributed by atoms with Crippen LogP contribution in [0.2, 0.25) is 0 Å². The Morgan fingerprint density at radius 3 is 2.71 bits per heavy atom. The zero-order valence-corrected chi connectivity index (χ0v) is 15.6. The fraction of sp³-hybridized carbons (Fsp3) is 0.286. The van der Waals surface area contributed by atoms with Gasteiger partial charge >= 0.3 is 5.97 Å². The minimum Gasteiger partial charge on any atom is -0.492 e. The van der Waals surface area contributed by atoms with Gasteiger partial charge in [-0.3, -0.25) is 0 Å². The third-order valence-corrected chi connectivity index (χ3v) is 3.99. The lowest BCUT2D eigenvalue weighted by Gasteiger charge is -2.13. The molecule has 7 nitrogen and oxygen atoms in total. The molecular formula is C21H23NO6. The van der Waals surface area contributed by atoms with E-state index < -0.39 is 12.1 Å². The van der Waals surface area contributed by atoms with Gasteiger partial charge in [-0.15, -0.1) is 0 Å². The summed E-state index contributed by atoms with van der Waals surface area (Å²) in [4.78, 5) is 11.5. The van der Waals surface area contributed by atoms with E-state index in [4.69, 9.17) is 13.9 Å². The number of aliphatic hydroxyl groups excluding tert-OH is 1. The lowest BCUT2D eigenvalue weighted by Crippen LogP contribution is -2.33. The van der Waals surface area contributed by atoms with E-state index in [-0.39, 0.29) is 12.4 Å². The van der Waals surface area contributed by atoms with Gasteiger partial charge in [0.2, 0.25) is 5.76 Å². The molecule has 0 aliphatic heterocycles. The van der Waals surface area contributed by atoms with Crippen molar-refractivity contribution in [2.24, 2.45) is 0 Å². The van der Waals surface area contributed by atoms with Crippen molar-refractivity contribution in [3.63, 3.8) is 0 Å². The maximum atomic E-state index is 11.5. The number of carbonyl (C=O) groups is 1. The Labute approximate surface area is 162 Å². The number of fused-ring (bicyclic) bond motifs is 1. The first-order valence-electron chi connectivity index (χ1n) is 8.97. The molecule has 0 saturated heterocycles. The SMILES string of the molecule is COC(=O)c1cc2ccc(OCCNC[C@H](O)COc3ccccc3)cc2o1. The number of rotatable bonds is 10. The molecule has 0 saturated carbocycles. The molecule has 1 atom stereocenters. The van der Waals surface area contributed by atoms with Gasteiger partial charge < -0.3 is 29.1 Å². The van der Waals surface area contributed by atoms with Crippen LogP contribution in [0.5, 0.6) is 11.5 Å². The Balaban J connectivity index is 1.37. The van der Waals surface area contributed by atoms with Gasteiger partial charge in [0.05, 0.1) is 7.11 Å². The molecule has 0 aliphatic carbocycles. The number of nitrogens with one attached hydrogen (secondary N) is 1. The highest BCUT2D eigenvalue weighted by atomic mass is 16.5. The summed E-state index contributed by atoms with van der Waals surface area (Å²) in [7, 11) is 1.31. The Morgan fingerprint density at radius 1 is 1.11 bits per heavy atom. The number of para-hydroxylation sites is 1. The van der Waals surface area contributed by atoms with E-state index in [0.29, 0.717) is 31.0 Å². The normalized spacial score (nSPS) is 11.9. The molecule has 148 valence electrons. The highest BCUT2D eigenvalue weighted by molar-refractivity contribution is 5.92. The Bertz CT molecular complexity index is 892. The van der Waals surface area contributed by atoms with Crippen LogP contribution in [0, 0.1) is 0 Å². The zero-order chi connectivity index (χ0) is 19.8. The molecule has 2 N–H and O–H groups in total. The first kappa shape index (κ1) is 19.7. The van der Waals surface area contributed by atoms with Crippen LogP contribution in [0.1, 0.15) is 10.6 Å². The average molecular weight is 385 g/mol. The molecule has 1 heterocycles. The van der Waals surface area contributed by atoms with Crippen molar-refractivity contribution in [2.75, 3.05) is 33.4 Å². The molecular weight excluding hydrogens is 362 g/mol. The van der Waals surface area contributed by atoms with Gasteiger partial charge in [0.1, 0.15) is 36.4 Å². The zero-order valence-electron chi connectivity index (χ0n) is 15.6. The van der Waals surface area contributed by atoms with E-state index in [9.17, 15) is 9.90 Å². The van der Waals surface area contributed by atoms with Gasteiger partial charge in [-0.05, 0) is 30.3 Å². The van der Waals surface area contributed by atoms with E-state index in [1.807, 2.05) is 42.5 Å². The molecule has 0 fully saturated rings. The summed E-state index contributed by atoms with van der Waals surface area (Å²) in [6.07, 6.45) is -0.614. The molecule has 28 heavy (non-hydrogen) atoms. The van der Waals surface area contributed by atoms with Crippen molar-refractivity contribution in [2.45, 2.75) is 6.10 Å². The van der Waals surface area contributed by atoms with E-state index in [1.165, 1.54) is 7.11 Å². The number of carbonyl (C=O) groups excluding carboxylic acids is 1. The monoisotopic (exact) mass is 385 g/mol. The highest BCUT2D eigenvalue weighted by Crippen LogP contribution is 2.24. The molecule has 2 aromatic carbocycles. The second-order valence-electron chi connectivity index (χ2n) is 6.13. The average Bonchev–Trinajstić information content (AvgIpc) is 3.15. The van der Waals surface area contributed by atoms with Crippen LogP contribution in [-0.4, -0.2) is 50.6 Å². The summed E-state index contributed by atoms with van der Waals surface area (Å²) >= 11 is 0. The van der Waals surface area contributed by atoms with E-state index >= 15 is 0 Å². The van der Waals surface area contributed by atoms with Gasteiger partial charge in [-0.1, -0.05) is 18.2 Å². The highest BCUT2D eigenvalue weighted by Gasteiger charge is 2.12. The Kier molecular flexibility index (Phi) is 6.89. The number of benzene rings is 2. The summed E-state index contributed by atoms with van der Waals surface area (Å²) in [6, 6.07) is 16.3. The maximum Gasteiger partial charge on any atom is 0.373 e. The van der Waals surface area contributed by atoms with Crippen LogP contribution < -0.4 is 14.8 Å². The number of furan rings is 1. The standard InChI is InChI=1S/C21H23NO6/c1-25-21(24)20-11-15-7-8-18(12-19(15)28-20)26-10-9-22-13-16(23)14-27-17-5-3-2-4-6-17/h2-8,11-12,16,22-23H,9-10,13-14H2,1H3/t16-/m0/s1. The molecule has 1 aromatic heterocycles. The number of methoxy groups -OCH3 is 1. The molecule has 0 spiro atoms. The van der Waals surface area contributed by atoms with Crippen LogP contribution >= 0.6 is 0 Å². The number of aliphatic hydroxyl groups is 1. The molecule has 0 unspecified atom stereocenters. The van der Waals surface area contributed by atoms with Crippen molar-refractivity contribution in [1.29, 1.82) is 0 Å².